The molecule has 1 saturated heterocycles. The molecule has 1 aromatic carbocycles. The Hall–Kier alpha value is -2.08. The Balaban J connectivity index is 1.45. The molecular weight excluding hydrogens is 329 g/mol. The van der Waals surface area contributed by atoms with Crippen molar-refractivity contribution in [1.29, 1.82) is 0 Å². The topological polar surface area (TPSA) is 55.5 Å². The predicted molar refractivity (Wildman–Crippen MR) is 106 cm³/mol. The lowest BCUT2D eigenvalue weighted by Gasteiger charge is -2.14. The number of aromatic nitrogens is 1. The van der Waals surface area contributed by atoms with Crippen molar-refractivity contribution in [3.8, 4) is 0 Å². The minimum absolute atomic E-state index is 0.209. The molecule has 1 aliphatic rings. The van der Waals surface area contributed by atoms with Crippen molar-refractivity contribution in [1.82, 2.24) is 20.5 Å². The molecule has 0 radical (unpaired) electrons. The third-order valence-electron chi connectivity index (χ3n) is 4.86. The minimum atomic E-state index is -0.209. The fourth-order valence-electron chi connectivity index (χ4n) is 3.51. The number of guanidine groups is 1. The lowest BCUT2D eigenvalue weighted by Crippen LogP contribution is -2.38. The molecule has 1 aliphatic heterocycles. The first-order chi connectivity index (χ1) is 12.8. The monoisotopic (exact) mass is 359 g/mol. The zero-order valence-electron chi connectivity index (χ0n) is 15.7. The van der Waals surface area contributed by atoms with Crippen LogP contribution >= 0.6 is 0 Å². The maximum atomic E-state index is 13.3. The van der Waals surface area contributed by atoms with Crippen LogP contribution in [0.2, 0.25) is 0 Å². The Bertz CT molecular complexity index is 718. The van der Waals surface area contributed by atoms with E-state index in [1.54, 1.807) is 0 Å². The summed E-state index contributed by atoms with van der Waals surface area (Å²) in [6, 6.07) is 4.89. The van der Waals surface area contributed by atoms with Gasteiger partial charge in [0.2, 0.25) is 0 Å². The number of benzene rings is 1. The van der Waals surface area contributed by atoms with Crippen molar-refractivity contribution >= 4 is 16.9 Å². The first-order valence-corrected chi connectivity index (χ1v) is 9.76. The van der Waals surface area contributed by atoms with Crippen molar-refractivity contribution in [2.24, 2.45) is 4.99 Å². The summed E-state index contributed by atoms with van der Waals surface area (Å²) in [6.07, 6.45) is 6.61. The highest BCUT2D eigenvalue weighted by atomic mass is 19.1. The van der Waals surface area contributed by atoms with Crippen LogP contribution < -0.4 is 10.6 Å². The lowest BCUT2D eigenvalue weighted by atomic mass is 10.1. The molecule has 0 spiro atoms. The summed E-state index contributed by atoms with van der Waals surface area (Å²) in [4.78, 5) is 10.3. The first-order valence-electron chi connectivity index (χ1n) is 9.76. The van der Waals surface area contributed by atoms with E-state index in [1.807, 2.05) is 12.3 Å². The van der Waals surface area contributed by atoms with Gasteiger partial charge >= 0.3 is 0 Å². The third-order valence-corrected chi connectivity index (χ3v) is 4.86. The molecule has 142 valence electrons. The van der Waals surface area contributed by atoms with Gasteiger partial charge in [-0.1, -0.05) is 0 Å². The van der Waals surface area contributed by atoms with Gasteiger partial charge in [-0.15, -0.1) is 0 Å². The van der Waals surface area contributed by atoms with Gasteiger partial charge in [0.15, 0.2) is 5.96 Å². The Kier molecular flexibility index (Phi) is 6.89. The average Bonchev–Trinajstić information content (AvgIpc) is 3.28. The highest BCUT2D eigenvalue weighted by Crippen LogP contribution is 2.19. The van der Waals surface area contributed by atoms with Gasteiger partial charge in [0, 0.05) is 36.7 Å². The molecule has 3 N–H and O–H groups in total. The molecule has 2 aromatic rings. The summed E-state index contributed by atoms with van der Waals surface area (Å²) in [5, 5.41) is 7.79. The van der Waals surface area contributed by atoms with E-state index in [9.17, 15) is 4.39 Å². The normalized spacial score (nSPS) is 15.7. The van der Waals surface area contributed by atoms with Crippen molar-refractivity contribution < 1.29 is 4.39 Å². The number of halogens is 1. The van der Waals surface area contributed by atoms with E-state index in [0.717, 1.165) is 55.9 Å². The number of likely N-dealkylation sites (tertiary alicyclic amines) is 1. The van der Waals surface area contributed by atoms with E-state index in [0.29, 0.717) is 0 Å². The molecule has 1 fully saturated rings. The number of hydrogen-bond donors (Lipinski definition) is 3. The highest BCUT2D eigenvalue weighted by Gasteiger charge is 2.10. The number of rotatable bonds is 8. The van der Waals surface area contributed by atoms with E-state index in [2.05, 4.69) is 32.4 Å². The number of H-pyrrole nitrogens is 1. The molecule has 0 saturated carbocycles. The fraction of sp³-hybridized carbons (Fsp3) is 0.550. The molecule has 0 unspecified atom stereocenters. The molecule has 26 heavy (non-hydrogen) atoms. The van der Waals surface area contributed by atoms with Crippen LogP contribution in [0.1, 0.15) is 31.7 Å². The van der Waals surface area contributed by atoms with Crippen LogP contribution in [-0.4, -0.2) is 55.1 Å². The van der Waals surface area contributed by atoms with E-state index in [4.69, 9.17) is 0 Å². The van der Waals surface area contributed by atoms with Crippen molar-refractivity contribution in [2.45, 2.75) is 32.6 Å². The van der Waals surface area contributed by atoms with E-state index >= 15 is 0 Å². The van der Waals surface area contributed by atoms with Gasteiger partial charge in [-0.2, -0.15) is 0 Å². The first kappa shape index (κ1) is 18.7. The quantitative estimate of drug-likeness (QED) is 0.386. The molecule has 0 aliphatic carbocycles. The predicted octanol–water partition coefficient (Wildman–Crippen LogP) is 2.89. The lowest BCUT2D eigenvalue weighted by molar-refractivity contribution is 0.336. The average molecular weight is 359 g/mol. The molecule has 5 nitrogen and oxygen atoms in total. The maximum Gasteiger partial charge on any atom is 0.191 e. The fourth-order valence-corrected chi connectivity index (χ4v) is 3.51. The summed E-state index contributed by atoms with van der Waals surface area (Å²) in [6.45, 7) is 8.21. The van der Waals surface area contributed by atoms with Gasteiger partial charge in [-0.25, -0.2) is 4.39 Å². The van der Waals surface area contributed by atoms with Gasteiger partial charge in [0.25, 0.3) is 0 Å². The zero-order chi connectivity index (χ0) is 18.2. The largest absolute Gasteiger partial charge is 0.361 e. The summed E-state index contributed by atoms with van der Waals surface area (Å²) < 4.78 is 13.3. The molecule has 3 rings (SSSR count). The zero-order valence-corrected chi connectivity index (χ0v) is 15.7. The van der Waals surface area contributed by atoms with Crippen molar-refractivity contribution in [2.75, 3.05) is 39.3 Å². The van der Waals surface area contributed by atoms with Gasteiger partial charge in [0.1, 0.15) is 5.82 Å². The Morgan fingerprint density at radius 2 is 2.12 bits per heavy atom. The Morgan fingerprint density at radius 1 is 1.27 bits per heavy atom. The minimum Gasteiger partial charge on any atom is -0.361 e. The smallest absolute Gasteiger partial charge is 0.191 e. The Labute approximate surface area is 155 Å². The standard InChI is InChI=1S/C20H30FN5/c1-2-22-20(23-9-5-13-26-11-3-4-12-26)24-10-8-16-15-25-19-14-17(21)6-7-18(16)19/h6-7,14-15,25H,2-5,8-13H2,1H3,(H2,22,23,24). The second kappa shape index (κ2) is 9.57. The van der Waals surface area contributed by atoms with Crippen LogP contribution in [-0.2, 0) is 6.42 Å². The molecule has 0 amide bonds. The second-order valence-corrected chi connectivity index (χ2v) is 6.84. The number of fused-ring (bicyclic) bond motifs is 1. The van der Waals surface area contributed by atoms with E-state index < -0.39 is 0 Å². The Morgan fingerprint density at radius 3 is 2.92 bits per heavy atom. The number of aliphatic imine (C=N–C) groups is 1. The van der Waals surface area contributed by atoms with E-state index in [-0.39, 0.29) is 5.82 Å². The summed E-state index contributed by atoms with van der Waals surface area (Å²) in [5.41, 5.74) is 2.04. The van der Waals surface area contributed by atoms with Crippen LogP contribution in [0.15, 0.2) is 29.4 Å². The summed E-state index contributed by atoms with van der Waals surface area (Å²) in [7, 11) is 0. The van der Waals surface area contributed by atoms with Crippen LogP contribution in [0.4, 0.5) is 4.39 Å². The highest BCUT2D eigenvalue weighted by molar-refractivity contribution is 5.83. The van der Waals surface area contributed by atoms with Gasteiger partial charge in [-0.3, -0.25) is 4.99 Å². The second-order valence-electron chi connectivity index (χ2n) is 6.84. The van der Waals surface area contributed by atoms with Gasteiger partial charge < -0.3 is 20.5 Å². The van der Waals surface area contributed by atoms with Gasteiger partial charge in [0.05, 0.1) is 0 Å². The summed E-state index contributed by atoms with van der Waals surface area (Å²) in [5.74, 6) is 0.666. The number of nitrogens with zero attached hydrogens (tertiary/aromatic N) is 2. The third kappa shape index (κ3) is 5.21. The number of hydrogen-bond acceptors (Lipinski definition) is 2. The van der Waals surface area contributed by atoms with Crippen LogP contribution in [0, 0.1) is 5.82 Å². The van der Waals surface area contributed by atoms with Crippen molar-refractivity contribution in [3.05, 3.63) is 35.8 Å². The van der Waals surface area contributed by atoms with Crippen LogP contribution in [0.5, 0.6) is 0 Å². The summed E-state index contributed by atoms with van der Waals surface area (Å²) >= 11 is 0. The number of nitrogens with one attached hydrogen (secondary N) is 3. The maximum absolute atomic E-state index is 13.3. The van der Waals surface area contributed by atoms with Crippen LogP contribution in [0.25, 0.3) is 10.9 Å². The van der Waals surface area contributed by atoms with Crippen molar-refractivity contribution in [3.63, 3.8) is 0 Å². The van der Waals surface area contributed by atoms with E-state index in [1.165, 1.54) is 43.6 Å². The molecular formula is C20H30FN5. The molecule has 0 atom stereocenters. The molecule has 6 heteroatoms. The SMILES string of the molecule is CCNC(=NCCCN1CCCC1)NCCc1c[nH]c2cc(F)ccc12. The van der Waals surface area contributed by atoms with Gasteiger partial charge in [-0.05, 0) is 76.0 Å². The molecule has 1 aromatic heterocycles. The molecule has 2 heterocycles. The van der Waals surface area contributed by atoms with Crippen LogP contribution in [0.3, 0.4) is 0 Å². The molecule has 0 bridgehead atoms. The number of aromatic amines is 1.